The van der Waals surface area contributed by atoms with Crippen LogP contribution in [0.1, 0.15) is 32.4 Å². The molecule has 122 valence electrons. The standard InChI is InChI=1S/C17H29N5/c1-6-17(2)10-11-22(13-17)16(18-3)19-12-14-8-7-9-15(20-14)21(4)5/h7-9H,6,10-13H2,1-5H3,(H,18,19). The van der Waals surface area contributed by atoms with E-state index < -0.39 is 0 Å². The van der Waals surface area contributed by atoms with Gasteiger partial charge >= 0.3 is 0 Å². The van der Waals surface area contributed by atoms with E-state index in [-0.39, 0.29) is 0 Å². The summed E-state index contributed by atoms with van der Waals surface area (Å²) >= 11 is 0. The second kappa shape index (κ2) is 6.99. The van der Waals surface area contributed by atoms with E-state index in [2.05, 4.69) is 34.0 Å². The van der Waals surface area contributed by atoms with Gasteiger partial charge in [-0.3, -0.25) is 4.99 Å². The van der Waals surface area contributed by atoms with Crippen molar-refractivity contribution in [2.24, 2.45) is 10.4 Å². The normalized spacial score (nSPS) is 22.0. The van der Waals surface area contributed by atoms with Gasteiger partial charge in [0.2, 0.25) is 0 Å². The van der Waals surface area contributed by atoms with Crippen LogP contribution in [0.3, 0.4) is 0 Å². The summed E-state index contributed by atoms with van der Waals surface area (Å²) in [6.07, 6.45) is 2.45. The summed E-state index contributed by atoms with van der Waals surface area (Å²) in [5.74, 6) is 1.96. The van der Waals surface area contributed by atoms with Crippen LogP contribution in [0.15, 0.2) is 23.2 Å². The van der Waals surface area contributed by atoms with Gasteiger partial charge in [-0.25, -0.2) is 4.98 Å². The Morgan fingerprint density at radius 2 is 2.23 bits per heavy atom. The Morgan fingerprint density at radius 3 is 2.82 bits per heavy atom. The summed E-state index contributed by atoms with van der Waals surface area (Å²) < 4.78 is 0. The van der Waals surface area contributed by atoms with Gasteiger partial charge in [-0.1, -0.05) is 19.9 Å². The maximum Gasteiger partial charge on any atom is 0.193 e. The predicted molar refractivity (Wildman–Crippen MR) is 93.4 cm³/mol. The maximum absolute atomic E-state index is 4.64. The Labute approximate surface area is 134 Å². The first kappa shape index (κ1) is 16.6. The van der Waals surface area contributed by atoms with Gasteiger partial charge in [-0.15, -0.1) is 0 Å². The number of hydrogen-bond acceptors (Lipinski definition) is 3. The molecule has 22 heavy (non-hydrogen) atoms. The number of likely N-dealkylation sites (tertiary alicyclic amines) is 1. The molecule has 0 saturated carbocycles. The molecule has 0 radical (unpaired) electrons. The monoisotopic (exact) mass is 303 g/mol. The number of anilines is 1. The second-order valence-corrected chi connectivity index (χ2v) is 6.62. The molecule has 1 N–H and O–H groups in total. The van der Waals surface area contributed by atoms with Crippen LogP contribution in [0.25, 0.3) is 0 Å². The fraction of sp³-hybridized carbons (Fsp3) is 0.647. The quantitative estimate of drug-likeness (QED) is 0.685. The van der Waals surface area contributed by atoms with Crippen molar-refractivity contribution in [2.45, 2.75) is 33.2 Å². The van der Waals surface area contributed by atoms with E-state index in [4.69, 9.17) is 0 Å². The zero-order chi connectivity index (χ0) is 16.2. The molecule has 1 saturated heterocycles. The molecular formula is C17H29N5. The second-order valence-electron chi connectivity index (χ2n) is 6.62. The summed E-state index contributed by atoms with van der Waals surface area (Å²) in [5, 5.41) is 3.45. The van der Waals surface area contributed by atoms with Gasteiger partial charge in [0.05, 0.1) is 12.2 Å². The number of pyridine rings is 1. The van der Waals surface area contributed by atoms with E-state index in [9.17, 15) is 0 Å². The third-order valence-electron chi connectivity index (χ3n) is 4.60. The molecule has 2 heterocycles. The molecule has 1 aliphatic heterocycles. The van der Waals surface area contributed by atoms with Crippen LogP contribution in [0, 0.1) is 5.41 Å². The van der Waals surface area contributed by atoms with E-state index in [0.717, 1.165) is 30.6 Å². The van der Waals surface area contributed by atoms with Crippen molar-refractivity contribution in [3.63, 3.8) is 0 Å². The first-order valence-electron chi connectivity index (χ1n) is 8.06. The predicted octanol–water partition coefficient (Wildman–Crippen LogP) is 2.34. The molecule has 1 fully saturated rings. The summed E-state index contributed by atoms with van der Waals surface area (Å²) in [5.41, 5.74) is 1.45. The van der Waals surface area contributed by atoms with Crippen LogP contribution in [-0.4, -0.2) is 50.1 Å². The molecule has 1 atom stereocenters. The molecule has 5 heteroatoms. The van der Waals surface area contributed by atoms with Crippen molar-refractivity contribution >= 4 is 11.8 Å². The fourth-order valence-corrected chi connectivity index (χ4v) is 2.81. The molecule has 0 bridgehead atoms. The third kappa shape index (κ3) is 3.90. The average Bonchev–Trinajstić information content (AvgIpc) is 2.91. The molecular weight excluding hydrogens is 274 g/mol. The maximum atomic E-state index is 4.64. The topological polar surface area (TPSA) is 43.8 Å². The number of aromatic nitrogens is 1. The minimum absolute atomic E-state index is 0.417. The Morgan fingerprint density at radius 1 is 1.45 bits per heavy atom. The lowest BCUT2D eigenvalue weighted by Crippen LogP contribution is -2.40. The van der Waals surface area contributed by atoms with Crippen molar-refractivity contribution in [1.82, 2.24) is 15.2 Å². The van der Waals surface area contributed by atoms with Gasteiger partial charge in [0, 0.05) is 34.2 Å². The smallest absolute Gasteiger partial charge is 0.193 e. The van der Waals surface area contributed by atoms with Crippen molar-refractivity contribution in [1.29, 1.82) is 0 Å². The number of hydrogen-bond donors (Lipinski definition) is 1. The first-order chi connectivity index (χ1) is 10.5. The van der Waals surface area contributed by atoms with Gasteiger partial charge < -0.3 is 15.1 Å². The summed E-state index contributed by atoms with van der Waals surface area (Å²) in [6, 6.07) is 6.12. The van der Waals surface area contributed by atoms with Crippen molar-refractivity contribution < 1.29 is 0 Å². The van der Waals surface area contributed by atoms with E-state index in [1.807, 2.05) is 44.2 Å². The van der Waals surface area contributed by atoms with Gasteiger partial charge in [0.1, 0.15) is 5.82 Å². The molecule has 0 spiro atoms. The van der Waals surface area contributed by atoms with Crippen LogP contribution in [-0.2, 0) is 6.54 Å². The Kier molecular flexibility index (Phi) is 5.27. The van der Waals surface area contributed by atoms with Crippen LogP contribution in [0.2, 0.25) is 0 Å². The number of nitrogens with zero attached hydrogens (tertiary/aromatic N) is 4. The van der Waals surface area contributed by atoms with Gasteiger partial charge in [0.25, 0.3) is 0 Å². The molecule has 0 aromatic carbocycles. The number of guanidine groups is 1. The first-order valence-corrected chi connectivity index (χ1v) is 8.06. The largest absolute Gasteiger partial charge is 0.363 e. The zero-order valence-electron chi connectivity index (χ0n) is 14.6. The molecule has 5 nitrogen and oxygen atoms in total. The lowest BCUT2D eigenvalue weighted by Gasteiger charge is -2.25. The molecule has 0 amide bonds. The summed E-state index contributed by atoms with van der Waals surface area (Å²) in [4.78, 5) is 13.5. The highest BCUT2D eigenvalue weighted by Crippen LogP contribution is 2.32. The zero-order valence-corrected chi connectivity index (χ0v) is 14.6. The van der Waals surface area contributed by atoms with Gasteiger partial charge in [-0.05, 0) is 30.4 Å². The van der Waals surface area contributed by atoms with E-state index in [1.54, 1.807) is 0 Å². The lowest BCUT2D eigenvalue weighted by atomic mass is 9.87. The third-order valence-corrected chi connectivity index (χ3v) is 4.60. The van der Waals surface area contributed by atoms with Crippen LogP contribution in [0.4, 0.5) is 5.82 Å². The number of aliphatic imine (C=N–C) groups is 1. The van der Waals surface area contributed by atoms with E-state index in [1.165, 1.54) is 12.8 Å². The molecule has 1 aliphatic rings. The molecule has 0 aliphatic carbocycles. The van der Waals surface area contributed by atoms with E-state index >= 15 is 0 Å². The molecule has 1 aromatic rings. The van der Waals surface area contributed by atoms with Crippen molar-refractivity contribution in [2.75, 3.05) is 39.1 Å². The van der Waals surface area contributed by atoms with E-state index in [0.29, 0.717) is 12.0 Å². The minimum atomic E-state index is 0.417. The minimum Gasteiger partial charge on any atom is -0.363 e. The number of rotatable bonds is 4. The van der Waals surface area contributed by atoms with Gasteiger partial charge in [0.15, 0.2) is 5.96 Å². The Hall–Kier alpha value is -1.78. The summed E-state index contributed by atoms with van der Waals surface area (Å²) in [7, 11) is 5.87. The van der Waals surface area contributed by atoms with Crippen molar-refractivity contribution in [3.05, 3.63) is 23.9 Å². The average molecular weight is 303 g/mol. The molecule has 2 rings (SSSR count). The highest BCUT2D eigenvalue weighted by atomic mass is 15.3. The molecule has 1 unspecified atom stereocenters. The highest BCUT2D eigenvalue weighted by molar-refractivity contribution is 5.80. The van der Waals surface area contributed by atoms with Crippen LogP contribution < -0.4 is 10.2 Å². The SMILES string of the molecule is CCC1(C)CCN(C(=NC)NCc2cccc(N(C)C)n2)C1. The fourth-order valence-electron chi connectivity index (χ4n) is 2.81. The molecule has 1 aromatic heterocycles. The Bertz CT molecular complexity index is 526. The highest BCUT2D eigenvalue weighted by Gasteiger charge is 2.33. The number of nitrogens with one attached hydrogen (secondary N) is 1. The van der Waals surface area contributed by atoms with Crippen LogP contribution >= 0.6 is 0 Å². The van der Waals surface area contributed by atoms with Gasteiger partial charge in [-0.2, -0.15) is 0 Å². The lowest BCUT2D eigenvalue weighted by molar-refractivity contribution is 0.322. The van der Waals surface area contributed by atoms with Crippen LogP contribution in [0.5, 0.6) is 0 Å². The van der Waals surface area contributed by atoms with Crippen molar-refractivity contribution in [3.8, 4) is 0 Å². The summed E-state index contributed by atoms with van der Waals surface area (Å²) in [6.45, 7) is 7.50. The Balaban J connectivity index is 1.96.